The first-order valence-electron chi connectivity index (χ1n) is 8.17. The maximum absolute atomic E-state index is 13.1. The first kappa shape index (κ1) is 19.1. The largest absolute Gasteiger partial charge is 0.416 e. The highest BCUT2D eigenvalue weighted by atomic mass is 32.1. The van der Waals surface area contributed by atoms with Gasteiger partial charge >= 0.3 is 6.18 Å². The number of halogens is 3. The van der Waals surface area contributed by atoms with Gasteiger partial charge in [0.15, 0.2) is 0 Å². The third-order valence-corrected chi connectivity index (χ3v) is 5.01. The van der Waals surface area contributed by atoms with Crippen molar-refractivity contribution in [3.05, 3.63) is 76.9 Å². The lowest BCUT2D eigenvalue weighted by molar-refractivity contribution is -0.137. The van der Waals surface area contributed by atoms with Gasteiger partial charge in [0.1, 0.15) is 0 Å². The number of aromatic nitrogens is 1. The van der Waals surface area contributed by atoms with Gasteiger partial charge in [-0.15, -0.1) is 11.3 Å². The molecule has 2 heterocycles. The molecule has 2 aromatic heterocycles. The molecule has 1 aromatic carbocycles. The number of hydrogen-bond donors (Lipinski definition) is 1. The molecule has 0 radical (unpaired) electrons. The van der Waals surface area contributed by atoms with Crippen molar-refractivity contribution in [2.24, 2.45) is 0 Å². The van der Waals surface area contributed by atoms with E-state index in [4.69, 9.17) is 0 Å². The van der Waals surface area contributed by atoms with E-state index in [2.05, 4.69) is 10.3 Å². The number of hydrogen-bond acceptors (Lipinski definition) is 3. The van der Waals surface area contributed by atoms with Crippen molar-refractivity contribution < 1.29 is 18.0 Å². The summed E-state index contributed by atoms with van der Waals surface area (Å²) in [4.78, 5) is 17.7. The van der Waals surface area contributed by atoms with E-state index in [0.717, 1.165) is 12.1 Å². The van der Waals surface area contributed by atoms with E-state index in [1.807, 2.05) is 6.07 Å². The SMILES string of the molecule is CC(C)(NC(=O)c1ccc(C(F)(F)F)cc1-c1cccs1)c1ccccn1. The van der Waals surface area contributed by atoms with Crippen molar-refractivity contribution in [3.8, 4) is 10.4 Å². The highest BCUT2D eigenvalue weighted by molar-refractivity contribution is 7.13. The molecule has 7 heteroatoms. The summed E-state index contributed by atoms with van der Waals surface area (Å²) < 4.78 is 39.4. The third kappa shape index (κ3) is 4.19. The van der Waals surface area contributed by atoms with Crippen LogP contribution in [0.5, 0.6) is 0 Å². The Morgan fingerprint density at radius 3 is 2.44 bits per heavy atom. The molecule has 0 saturated carbocycles. The third-order valence-electron chi connectivity index (χ3n) is 4.11. The molecule has 1 amide bonds. The molecule has 1 N–H and O–H groups in total. The Bertz CT molecular complexity index is 936. The van der Waals surface area contributed by atoms with Crippen molar-refractivity contribution in [3.63, 3.8) is 0 Å². The van der Waals surface area contributed by atoms with Crippen LogP contribution in [-0.2, 0) is 11.7 Å². The molecule has 0 bridgehead atoms. The Morgan fingerprint density at radius 1 is 1.07 bits per heavy atom. The van der Waals surface area contributed by atoms with Crippen LogP contribution in [0.15, 0.2) is 60.1 Å². The number of pyridine rings is 1. The molecule has 3 nitrogen and oxygen atoms in total. The molecule has 0 aliphatic rings. The van der Waals surface area contributed by atoms with Gasteiger partial charge < -0.3 is 5.32 Å². The number of thiophene rings is 1. The van der Waals surface area contributed by atoms with Crippen molar-refractivity contribution in [1.29, 1.82) is 0 Å². The second-order valence-electron chi connectivity index (χ2n) is 6.53. The first-order valence-corrected chi connectivity index (χ1v) is 9.05. The fourth-order valence-corrected chi connectivity index (χ4v) is 3.46. The number of carbonyl (C=O) groups is 1. The molecule has 0 spiro atoms. The smallest absolute Gasteiger partial charge is 0.341 e. The van der Waals surface area contributed by atoms with Crippen molar-refractivity contribution in [2.45, 2.75) is 25.6 Å². The Labute approximate surface area is 158 Å². The van der Waals surface area contributed by atoms with Crippen LogP contribution in [0.4, 0.5) is 13.2 Å². The molecule has 0 aliphatic heterocycles. The van der Waals surface area contributed by atoms with E-state index < -0.39 is 23.2 Å². The maximum atomic E-state index is 13.1. The van der Waals surface area contributed by atoms with Gasteiger partial charge in [-0.3, -0.25) is 9.78 Å². The highest BCUT2D eigenvalue weighted by Gasteiger charge is 2.32. The number of carbonyl (C=O) groups excluding carboxylic acids is 1. The summed E-state index contributed by atoms with van der Waals surface area (Å²) in [5.74, 6) is -0.456. The molecule has 27 heavy (non-hydrogen) atoms. The topological polar surface area (TPSA) is 42.0 Å². The normalized spacial score (nSPS) is 12.0. The first-order chi connectivity index (χ1) is 12.7. The molecule has 3 rings (SSSR count). The van der Waals surface area contributed by atoms with Crippen LogP contribution in [0.3, 0.4) is 0 Å². The van der Waals surface area contributed by atoms with E-state index >= 15 is 0 Å². The van der Waals surface area contributed by atoms with Crippen molar-refractivity contribution in [2.75, 3.05) is 0 Å². The zero-order valence-corrected chi connectivity index (χ0v) is 15.5. The predicted molar refractivity (Wildman–Crippen MR) is 99.5 cm³/mol. The van der Waals surface area contributed by atoms with Crippen LogP contribution in [0.2, 0.25) is 0 Å². The second-order valence-corrected chi connectivity index (χ2v) is 7.48. The Hall–Kier alpha value is -2.67. The fraction of sp³-hybridized carbons (Fsp3) is 0.200. The Balaban J connectivity index is 1.99. The number of rotatable bonds is 4. The van der Waals surface area contributed by atoms with Crippen molar-refractivity contribution >= 4 is 17.2 Å². The lowest BCUT2D eigenvalue weighted by atomic mass is 9.97. The second kappa shape index (κ2) is 7.15. The molecule has 140 valence electrons. The minimum atomic E-state index is -4.48. The minimum absolute atomic E-state index is 0.189. The zero-order valence-electron chi connectivity index (χ0n) is 14.7. The molecule has 0 fully saturated rings. The van der Waals surface area contributed by atoms with Gasteiger partial charge in [0.25, 0.3) is 5.91 Å². The van der Waals surface area contributed by atoms with Gasteiger partial charge in [0, 0.05) is 22.2 Å². The van der Waals surface area contributed by atoms with Crippen molar-refractivity contribution in [1.82, 2.24) is 10.3 Å². The van der Waals surface area contributed by atoms with E-state index in [1.54, 1.807) is 49.7 Å². The van der Waals surface area contributed by atoms with Gasteiger partial charge in [0.2, 0.25) is 0 Å². The molecular formula is C20H17F3N2OS. The summed E-state index contributed by atoms with van der Waals surface area (Å²) in [6, 6.07) is 12.0. The van der Waals surface area contributed by atoms with Crippen LogP contribution >= 0.6 is 11.3 Å². The number of amides is 1. The number of alkyl halides is 3. The van der Waals surface area contributed by atoms with E-state index in [0.29, 0.717) is 10.6 Å². The standard InChI is InChI=1S/C20H17F3N2OS/c1-19(2,17-7-3-4-10-24-17)25-18(26)14-9-8-13(20(21,22)23)12-15(14)16-6-5-11-27-16/h3-12H,1-2H3,(H,25,26). The molecule has 0 unspecified atom stereocenters. The van der Waals surface area contributed by atoms with Gasteiger partial charge in [0.05, 0.1) is 16.8 Å². The van der Waals surface area contributed by atoms with E-state index in [1.165, 1.54) is 17.4 Å². The lowest BCUT2D eigenvalue weighted by Crippen LogP contribution is -2.41. The average molecular weight is 390 g/mol. The Morgan fingerprint density at radius 2 is 1.85 bits per heavy atom. The van der Waals surface area contributed by atoms with Gasteiger partial charge in [-0.25, -0.2) is 0 Å². The molecule has 0 atom stereocenters. The molecule has 0 aliphatic carbocycles. The van der Waals surface area contributed by atoms with Gasteiger partial charge in [-0.05, 0) is 55.6 Å². The van der Waals surface area contributed by atoms with Crippen LogP contribution < -0.4 is 5.32 Å². The molecule has 3 aromatic rings. The van der Waals surface area contributed by atoms with E-state index in [9.17, 15) is 18.0 Å². The van der Waals surface area contributed by atoms with Crippen LogP contribution in [0.1, 0.15) is 35.5 Å². The Kier molecular flexibility index (Phi) is 5.06. The number of benzene rings is 1. The lowest BCUT2D eigenvalue weighted by Gasteiger charge is -2.26. The minimum Gasteiger partial charge on any atom is -0.341 e. The zero-order chi connectivity index (χ0) is 19.7. The van der Waals surface area contributed by atoms with E-state index in [-0.39, 0.29) is 11.1 Å². The summed E-state index contributed by atoms with van der Waals surface area (Å²) in [6.07, 6.45) is -2.85. The summed E-state index contributed by atoms with van der Waals surface area (Å²) in [5.41, 5.74) is -0.466. The fourth-order valence-electron chi connectivity index (χ4n) is 2.70. The maximum Gasteiger partial charge on any atom is 0.416 e. The average Bonchev–Trinajstić information content (AvgIpc) is 3.15. The summed E-state index contributed by atoms with van der Waals surface area (Å²) >= 11 is 1.28. The van der Waals surface area contributed by atoms with Gasteiger partial charge in [-0.2, -0.15) is 13.2 Å². The quantitative estimate of drug-likeness (QED) is 0.640. The van der Waals surface area contributed by atoms with Crippen LogP contribution in [0, 0.1) is 0 Å². The van der Waals surface area contributed by atoms with Crippen LogP contribution in [0.25, 0.3) is 10.4 Å². The van der Waals surface area contributed by atoms with Crippen LogP contribution in [-0.4, -0.2) is 10.9 Å². The highest BCUT2D eigenvalue weighted by Crippen LogP contribution is 2.36. The number of nitrogens with one attached hydrogen (secondary N) is 1. The summed E-state index contributed by atoms with van der Waals surface area (Å²) in [5, 5.41) is 4.63. The number of nitrogens with zero attached hydrogens (tertiary/aromatic N) is 1. The van der Waals surface area contributed by atoms with Gasteiger partial charge in [-0.1, -0.05) is 12.1 Å². The predicted octanol–water partition coefficient (Wildman–Crippen LogP) is 5.49. The molecular weight excluding hydrogens is 373 g/mol. The summed E-state index contributed by atoms with van der Waals surface area (Å²) in [6.45, 7) is 3.59. The summed E-state index contributed by atoms with van der Waals surface area (Å²) in [7, 11) is 0. The monoisotopic (exact) mass is 390 g/mol. The molecule has 0 saturated heterocycles.